The van der Waals surface area contributed by atoms with Crippen molar-refractivity contribution in [1.82, 2.24) is 9.13 Å². The van der Waals surface area contributed by atoms with Crippen molar-refractivity contribution in [3.05, 3.63) is 50.2 Å². The molecular weight excluding hydrogens is 388 g/mol. The number of benzene rings is 1. The number of hydrogen-bond acceptors (Lipinski definition) is 7. The lowest BCUT2D eigenvalue weighted by Gasteiger charge is -2.31. The molecule has 0 aliphatic carbocycles. The third kappa shape index (κ3) is 3.41. The Labute approximate surface area is 173 Å². The molecule has 2 heterocycles. The smallest absolute Gasteiger partial charge is 0.332 e. The van der Waals surface area contributed by atoms with Crippen LogP contribution in [0.25, 0.3) is 5.57 Å². The predicted octanol–water partition coefficient (Wildman–Crippen LogP) is 1.28. The van der Waals surface area contributed by atoms with Gasteiger partial charge in [-0.3, -0.25) is 13.9 Å². The van der Waals surface area contributed by atoms with Gasteiger partial charge in [-0.15, -0.1) is 0 Å². The average molecular weight is 412 g/mol. The molecule has 1 aromatic heterocycles. The van der Waals surface area contributed by atoms with Gasteiger partial charge in [0.2, 0.25) is 0 Å². The fourth-order valence-electron chi connectivity index (χ4n) is 3.71. The molecule has 158 valence electrons. The quantitative estimate of drug-likeness (QED) is 0.729. The van der Waals surface area contributed by atoms with Gasteiger partial charge in [0, 0.05) is 39.3 Å². The standard InChI is InChI=1S/C21H24N4O5/c1-23-19(15(12-22)20(26)24(2)21(23)27)25-8-6-13(7-9-25)18-16(29-4)10-14(28-3)11-17(18)30-5/h6,10-11H,7-9H2,1-5H3. The van der Waals surface area contributed by atoms with E-state index >= 15 is 0 Å². The van der Waals surface area contributed by atoms with Crippen LogP contribution in [-0.2, 0) is 14.1 Å². The fraction of sp³-hybridized carbons (Fsp3) is 0.381. The molecule has 0 radical (unpaired) electrons. The minimum atomic E-state index is -0.594. The molecule has 1 aromatic carbocycles. The summed E-state index contributed by atoms with van der Waals surface area (Å²) in [6, 6.07) is 5.54. The molecule has 2 aromatic rings. The molecule has 0 amide bonds. The van der Waals surface area contributed by atoms with E-state index in [0.717, 1.165) is 15.7 Å². The highest BCUT2D eigenvalue weighted by Crippen LogP contribution is 2.41. The Morgan fingerprint density at radius 2 is 1.63 bits per heavy atom. The van der Waals surface area contributed by atoms with Crippen LogP contribution in [0.3, 0.4) is 0 Å². The summed E-state index contributed by atoms with van der Waals surface area (Å²) < 4.78 is 18.7. The summed E-state index contributed by atoms with van der Waals surface area (Å²) in [4.78, 5) is 26.6. The SMILES string of the molecule is COc1cc(OC)c(C2=CCN(c3c(C#N)c(=O)n(C)c(=O)n3C)CC2)c(OC)c1. The van der Waals surface area contributed by atoms with Crippen molar-refractivity contribution in [1.29, 1.82) is 5.26 Å². The summed E-state index contributed by atoms with van der Waals surface area (Å²) >= 11 is 0. The molecule has 1 aliphatic rings. The number of aromatic nitrogens is 2. The van der Waals surface area contributed by atoms with Gasteiger partial charge in [-0.2, -0.15) is 5.26 Å². The Kier molecular flexibility index (Phi) is 5.87. The summed E-state index contributed by atoms with van der Waals surface area (Å²) in [7, 11) is 7.68. The van der Waals surface area contributed by atoms with Gasteiger partial charge < -0.3 is 19.1 Å². The Hall–Kier alpha value is -3.67. The third-order valence-electron chi connectivity index (χ3n) is 5.29. The van der Waals surface area contributed by atoms with Gasteiger partial charge in [0.25, 0.3) is 5.56 Å². The van der Waals surface area contributed by atoms with E-state index in [4.69, 9.17) is 14.2 Å². The van der Waals surface area contributed by atoms with E-state index in [1.54, 1.807) is 40.5 Å². The van der Waals surface area contributed by atoms with Crippen LogP contribution in [0.1, 0.15) is 17.5 Å². The largest absolute Gasteiger partial charge is 0.496 e. The first kappa shape index (κ1) is 21.0. The topological polar surface area (TPSA) is 98.7 Å². The molecular formula is C21H24N4O5. The van der Waals surface area contributed by atoms with Gasteiger partial charge in [-0.1, -0.05) is 6.08 Å². The highest BCUT2D eigenvalue weighted by atomic mass is 16.5. The first-order chi connectivity index (χ1) is 14.4. The zero-order valence-electron chi connectivity index (χ0n) is 17.7. The number of ether oxygens (including phenoxy) is 3. The lowest BCUT2D eigenvalue weighted by atomic mass is 9.97. The average Bonchev–Trinajstić information content (AvgIpc) is 2.79. The molecule has 9 nitrogen and oxygen atoms in total. The lowest BCUT2D eigenvalue weighted by Crippen LogP contribution is -2.43. The number of methoxy groups -OCH3 is 3. The Balaban J connectivity index is 2.05. The van der Waals surface area contributed by atoms with E-state index in [-0.39, 0.29) is 5.56 Å². The molecule has 0 saturated heterocycles. The van der Waals surface area contributed by atoms with E-state index in [2.05, 4.69) is 0 Å². The summed E-state index contributed by atoms with van der Waals surface area (Å²) in [5.41, 5.74) is 0.732. The molecule has 0 bridgehead atoms. The summed E-state index contributed by atoms with van der Waals surface area (Å²) in [5.74, 6) is 2.21. The molecule has 30 heavy (non-hydrogen) atoms. The molecule has 0 saturated carbocycles. The number of hydrogen-bond donors (Lipinski definition) is 0. The molecule has 0 fully saturated rings. The van der Waals surface area contributed by atoms with Gasteiger partial charge in [0.1, 0.15) is 29.1 Å². The Bertz CT molecular complexity index is 1140. The van der Waals surface area contributed by atoms with Crippen molar-refractivity contribution >= 4 is 11.4 Å². The summed E-state index contributed by atoms with van der Waals surface area (Å²) in [6.45, 7) is 0.933. The number of anilines is 1. The van der Waals surface area contributed by atoms with Gasteiger partial charge in [0.05, 0.1) is 26.9 Å². The maximum Gasteiger partial charge on any atom is 0.332 e. The first-order valence-corrected chi connectivity index (χ1v) is 9.32. The van der Waals surface area contributed by atoms with E-state index in [1.165, 1.54) is 11.6 Å². The van der Waals surface area contributed by atoms with Crippen LogP contribution in [0.15, 0.2) is 27.8 Å². The predicted molar refractivity (Wildman–Crippen MR) is 113 cm³/mol. The Morgan fingerprint density at radius 1 is 1.00 bits per heavy atom. The molecule has 9 heteroatoms. The fourth-order valence-corrected chi connectivity index (χ4v) is 3.71. The first-order valence-electron chi connectivity index (χ1n) is 9.32. The normalized spacial score (nSPS) is 13.5. The second kappa shape index (κ2) is 8.37. The Morgan fingerprint density at radius 3 is 2.10 bits per heavy atom. The van der Waals surface area contributed by atoms with Crippen LogP contribution in [-0.4, -0.2) is 43.6 Å². The lowest BCUT2D eigenvalue weighted by molar-refractivity contribution is 0.373. The highest BCUT2D eigenvalue weighted by molar-refractivity contribution is 5.78. The molecule has 3 rings (SSSR count). The maximum atomic E-state index is 12.4. The number of rotatable bonds is 5. The van der Waals surface area contributed by atoms with Crippen LogP contribution in [0.2, 0.25) is 0 Å². The molecule has 1 aliphatic heterocycles. The molecule has 0 N–H and O–H groups in total. The van der Waals surface area contributed by atoms with E-state index in [1.807, 2.05) is 17.0 Å². The van der Waals surface area contributed by atoms with Gasteiger partial charge in [-0.25, -0.2) is 4.79 Å². The minimum absolute atomic E-state index is 0.0453. The van der Waals surface area contributed by atoms with Crippen molar-refractivity contribution in [2.45, 2.75) is 6.42 Å². The zero-order chi connectivity index (χ0) is 22.0. The molecule has 0 atom stereocenters. The van der Waals surface area contributed by atoms with Gasteiger partial charge in [0.15, 0.2) is 5.56 Å². The summed E-state index contributed by atoms with van der Waals surface area (Å²) in [5, 5.41) is 9.52. The van der Waals surface area contributed by atoms with E-state index in [0.29, 0.717) is 42.6 Å². The molecule has 0 unspecified atom stereocenters. The second-order valence-electron chi connectivity index (χ2n) is 6.85. The second-order valence-corrected chi connectivity index (χ2v) is 6.85. The van der Waals surface area contributed by atoms with E-state index < -0.39 is 11.2 Å². The van der Waals surface area contributed by atoms with Crippen LogP contribution in [0.4, 0.5) is 5.82 Å². The van der Waals surface area contributed by atoms with Gasteiger partial charge in [-0.05, 0) is 12.0 Å². The maximum absolute atomic E-state index is 12.4. The zero-order valence-corrected chi connectivity index (χ0v) is 17.7. The number of nitriles is 1. The third-order valence-corrected chi connectivity index (χ3v) is 5.29. The minimum Gasteiger partial charge on any atom is -0.496 e. The van der Waals surface area contributed by atoms with Crippen molar-refractivity contribution in [3.63, 3.8) is 0 Å². The van der Waals surface area contributed by atoms with Crippen molar-refractivity contribution in [2.75, 3.05) is 39.3 Å². The van der Waals surface area contributed by atoms with E-state index in [9.17, 15) is 14.9 Å². The van der Waals surface area contributed by atoms with Crippen LogP contribution >= 0.6 is 0 Å². The van der Waals surface area contributed by atoms with Gasteiger partial charge >= 0.3 is 5.69 Å². The highest BCUT2D eigenvalue weighted by Gasteiger charge is 2.25. The van der Waals surface area contributed by atoms with Crippen LogP contribution in [0, 0.1) is 11.3 Å². The molecule has 0 spiro atoms. The van der Waals surface area contributed by atoms with Crippen LogP contribution < -0.4 is 30.4 Å². The summed E-state index contributed by atoms with van der Waals surface area (Å²) in [6.07, 6.45) is 2.59. The number of nitrogens with zero attached hydrogens (tertiary/aromatic N) is 4. The monoisotopic (exact) mass is 412 g/mol. The van der Waals surface area contributed by atoms with Crippen molar-refractivity contribution in [3.8, 4) is 23.3 Å². The van der Waals surface area contributed by atoms with Crippen molar-refractivity contribution < 1.29 is 14.2 Å². The van der Waals surface area contributed by atoms with Crippen molar-refractivity contribution in [2.24, 2.45) is 14.1 Å². The van der Waals surface area contributed by atoms with Crippen LogP contribution in [0.5, 0.6) is 17.2 Å².